The van der Waals surface area contributed by atoms with E-state index in [1.165, 1.54) is 42.4 Å². The Labute approximate surface area is 126 Å². The maximum absolute atomic E-state index is 11.2. The maximum Gasteiger partial charge on any atom is 0.0952 e. The lowest BCUT2D eigenvalue weighted by molar-refractivity contribution is -0.0102. The highest BCUT2D eigenvalue weighted by Crippen LogP contribution is 2.57. The SMILES string of the molecule is Cc1ccc(-c2ccc(C(O)(C3CC3)C3CC3)cc2)cc1. The van der Waals surface area contributed by atoms with Crippen LogP contribution in [0.15, 0.2) is 48.5 Å². The Morgan fingerprint density at radius 2 is 1.19 bits per heavy atom. The molecular weight excluding hydrogens is 256 g/mol. The van der Waals surface area contributed by atoms with E-state index in [2.05, 4.69) is 55.5 Å². The van der Waals surface area contributed by atoms with Gasteiger partial charge in [0.2, 0.25) is 0 Å². The first-order chi connectivity index (χ1) is 10.2. The van der Waals surface area contributed by atoms with Crippen LogP contribution in [0.25, 0.3) is 11.1 Å². The molecule has 0 aromatic heterocycles. The van der Waals surface area contributed by atoms with Gasteiger partial charge in [-0.1, -0.05) is 54.1 Å². The molecule has 0 atom stereocenters. The minimum absolute atomic E-state index is 0.496. The normalized spacial score (nSPS) is 18.8. The molecule has 0 saturated heterocycles. The van der Waals surface area contributed by atoms with Gasteiger partial charge in [0.05, 0.1) is 5.60 Å². The highest BCUT2D eigenvalue weighted by atomic mass is 16.3. The molecule has 1 nitrogen and oxygen atoms in total. The topological polar surface area (TPSA) is 20.2 Å². The summed E-state index contributed by atoms with van der Waals surface area (Å²) in [6.45, 7) is 2.11. The summed E-state index contributed by atoms with van der Waals surface area (Å²) in [6.07, 6.45) is 4.75. The largest absolute Gasteiger partial charge is 0.385 e. The van der Waals surface area contributed by atoms with Crippen molar-refractivity contribution in [3.63, 3.8) is 0 Å². The molecule has 0 aliphatic heterocycles. The third-order valence-electron chi connectivity index (χ3n) is 5.13. The van der Waals surface area contributed by atoms with Gasteiger partial charge in [-0.05, 0) is 61.1 Å². The van der Waals surface area contributed by atoms with Crippen LogP contribution in [0, 0.1) is 18.8 Å². The van der Waals surface area contributed by atoms with Gasteiger partial charge < -0.3 is 5.11 Å². The lowest BCUT2D eigenvalue weighted by atomic mass is 9.83. The quantitative estimate of drug-likeness (QED) is 0.861. The van der Waals surface area contributed by atoms with Crippen LogP contribution in [-0.4, -0.2) is 5.11 Å². The van der Waals surface area contributed by atoms with Crippen molar-refractivity contribution in [2.45, 2.75) is 38.2 Å². The van der Waals surface area contributed by atoms with E-state index < -0.39 is 5.60 Å². The second-order valence-electron chi connectivity index (χ2n) is 6.82. The molecule has 0 radical (unpaired) electrons. The Kier molecular flexibility index (Phi) is 2.93. The van der Waals surface area contributed by atoms with Crippen LogP contribution in [0.5, 0.6) is 0 Å². The van der Waals surface area contributed by atoms with Crippen LogP contribution in [0.1, 0.15) is 36.8 Å². The third-order valence-corrected chi connectivity index (χ3v) is 5.13. The first-order valence-corrected chi connectivity index (χ1v) is 8.08. The molecular formula is C20H22O. The average molecular weight is 278 g/mol. The molecule has 2 aliphatic carbocycles. The van der Waals surface area contributed by atoms with E-state index in [9.17, 15) is 5.11 Å². The molecule has 1 N–H and O–H groups in total. The van der Waals surface area contributed by atoms with E-state index in [0.717, 1.165) is 5.56 Å². The van der Waals surface area contributed by atoms with E-state index in [-0.39, 0.29) is 0 Å². The van der Waals surface area contributed by atoms with Gasteiger partial charge in [0, 0.05) is 0 Å². The average Bonchev–Trinajstić information content (AvgIpc) is 3.40. The van der Waals surface area contributed by atoms with Crippen LogP contribution < -0.4 is 0 Å². The Hall–Kier alpha value is -1.60. The standard InChI is InChI=1S/C20H22O/c1-14-2-4-15(5-3-14)16-6-8-17(9-7-16)20(21,18-10-11-18)19-12-13-19/h2-9,18-19,21H,10-13H2,1H3. The number of aliphatic hydroxyl groups is 1. The molecule has 108 valence electrons. The Morgan fingerprint density at radius 1 is 0.762 bits per heavy atom. The number of benzene rings is 2. The molecule has 0 heterocycles. The summed E-state index contributed by atoms with van der Waals surface area (Å²) in [5.74, 6) is 0.991. The smallest absolute Gasteiger partial charge is 0.0952 e. The summed E-state index contributed by atoms with van der Waals surface area (Å²) < 4.78 is 0. The second kappa shape index (κ2) is 4.71. The Balaban J connectivity index is 1.65. The fourth-order valence-electron chi connectivity index (χ4n) is 3.53. The second-order valence-corrected chi connectivity index (χ2v) is 6.82. The van der Waals surface area contributed by atoms with E-state index >= 15 is 0 Å². The molecule has 0 unspecified atom stereocenters. The number of hydrogen-bond acceptors (Lipinski definition) is 1. The van der Waals surface area contributed by atoms with Gasteiger partial charge in [-0.3, -0.25) is 0 Å². The van der Waals surface area contributed by atoms with Gasteiger partial charge in [0.25, 0.3) is 0 Å². The molecule has 2 aliphatic rings. The molecule has 0 bridgehead atoms. The lowest BCUT2D eigenvalue weighted by Crippen LogP contribution is -2.30. The highest BCUT2D eigenvalue weighted by molar-refractivity contribution is 5.64. The summed E-state index contributed by atoms with van der Waals surface area (Å²) in [4.78, 5) is 0. The fraction of sp³-hybridized carbons (Fsp3) is 0.400. The van der Waals surface area contributed by atoms with Crippen molar-refractivity contribution in [2.24, 2.45) is 11.8 Å². The predicted octanol–water partition coefficient (Wildman–Crippen LogP) is 4.67. The molecule has 2 fully saturated rings. The van der Waals surface area contributed by atoms with Gasteiger partial charge in [-0.2, -0.15) is 0 Å². The van der Waals surface area contributed by atoms with Crippen LogP contribution in [0.3, 0.4) is 0 Å². The van der Waals surface area contributed by atoms with Crippen LogP contribution in [0.4, 0.5) is 0 Å². The summed E-state index contributed by atoms with van der Waals surface area (Å²) in [6, 6.07) is 17.2. The van der Waals surface area contributed by atoms with Gasteiger partial charge in [0.15, 0.2) is 0 Å². The summed E-state index contributed by atoms with van der Waals surface area (Å²) in [5.41, 5.74) is 4.34. The minimum Gasteiger partial charge on any atom is -0.385 e. The molecule has 2 saturated carbocycles. The summed E-state index contributed by atoms with van der Waals surface area (Å²) in [5, 5.41) is 11.2. The van der Waals surface area contributed by atoms with E-state index in [0.29, 0.717) is 11.8 Å². The molecule has 2 aromatic carbocycles. The number of hydrogen-bond donors (Lipinski definition) is 1. The molecule has 2 aromatic rings. The van der Waals surface area contributed by atoms with E-state index in [1.54, 1.807) is 0 Å². The van der Waals surface area contributed by atoms with Gasteiger partial charge >= 0.3 is 0 Å². The molecule has 1 heteroatoms. The maximum atomic E-state index is 11.2. The van der Waals surface area contributed by atoms with Crippen LogP contribution in [0.2, 0.25) is 0 Å². The van der Waals surface area contributed by atoms with Crippen molar-refractivity contribution >= 4 is 0 Å². The highest BCUT2D eigenvalue weighted by Gasteiger charge is 2.54. The van der Waals surface area contributed by atoms with E-state index in [1.807, 2.05) is 0 Å². The Morgan fingerprint density at radius 3 is 1.62 bits per heavy atom. The van der Waals surface area contributed by atoms with Crippen molar-refractivity contribution in [1.29, 1.82) is 0 Å². The third kappa shape index (κ3) is 2.30. The summed E-state index contributed by atoms with van der Waals surface area (Å²) in [7, 11) is 0. The first kappa shape index (κ1) is 13.1. The van der Waals surface area contributed by atoms with Crippen LogP contribution >= 0.6 is 0 Å². The molecule has 0 spiro atoms. The lowest BCUT2D eigenvalue weighted by Gasteiger charge is -2.29. The van der Waals surface area contributed by atoms with Crippen molar-refractivity contribution in [2.75, 3.05) is 0 Å². The zero-order chi connectivity index (χ0) is 14.4. The van der Waals surface area contributed by atoms with Crippen molar-refractivity contribution in [1.82, 2.24) is 0 Å². The van der Waals surface area contributed by atoms with E-state index in [4.69, 9.17) is 0 Å². The van der Waals surface area contributed by atoms with Gasteiger partial charge in [0.1, 0.15) is 0 Å². The zero-order valence-corrected chi connectivity index (χ0v) is 12.5. The number of aryl methyl sites for hydroxylation is 1. The Bertz CT molecular complexity index is 619. The minimum atomic E-state index is -0.550. The van der Waals surface area contributed by atoms with Crippen LogP contribution in [-0.2, 0) is 5.60 Å². The first-order valence-electron chi connectivity index (χ1n) is 8.08. The number of rotatable bonds is 4. The zero-order valence-electron chi connectivity index (χ0n) is 12.5. The summed E-state index contributed by atoms with van der Waals surface area (Å²) >= 11 is 0. The fourth-order valence-corrected chi connectivity index (χ4v) is 3.53. The molecule has 4 rings (SSSR count). The van der Waals surface area contributed by atoms with Crippen molar-refractivity contribution < 1.29 is 5.11 Å². The molecule has 21 heavy (non-hydrogen) atoms. The monoisotopic (exact) mass is 278 g/mol. The molecule has 0 amide bonds. The predicted molar refractivity (Wildman–Crippen MR) is 86.0 cm³/mol. The van der Waals surface area contributed by atoms with Gasteiger partial charge in [-0.25, -0.2) is 0 Å². The van der Waals surface area contributed by atoms with Crippen molar-refractivity contribution in [3.8, 4) is 11.1 Å². The van der Waals surface area contributed by atoms with Gasteiger partial charge in [-0.15, -0.1) is 0 Å². The van der Waals surface area contributed by atoms with Crippen molar-refractivity contribution in [3.05, 3.63) is 59.7 Å².